The number of hydrogen-bond acceptors (Lipinski definition) is 3. The molecule has 0 radical (unpaired) electrons. The number of para-hydroxylation sites is 1. The zero-order valence-corrected chi connectivity index (χ0v) is 9.13. The highest BCUT2D eigenvalue weighted by molar-refractivity contribution is 6.32. The molecule has 0 saturated carbocycles. The molecule has 1 aliphatic rings. The van der Waals surface area contributed by atoms with E-state index in [0.29, 0.717) is 10.8 Å². The van der Waals surface area contributed by atoms with Gasteiger partial charge in [-0.05, 0) is 31.5 Å². The Balaban J connectivity index is 2.06. The van der Waals surface area contributed by atoms with Crippen molar-refractivity contribution in [3.63, 3.8) is 0 Å². The van der Waals surface area contributed by atoms with Crippen molar-refractivity contribution in [1.82, 2.24) is 5.32 Å². The highest BCUT2D eigenvalue weighted by atomic mass is 35.5. The molecule has 1 heterocycles. The van der Waals surface area contributed by atoms with Crippen LogP contribution in [0.15, 0.2) is 18.2 Å². The Morgan fingerprint density at radius 2 is 2.33 bits per heavy atom. The Bertz CT molecular complexity index is 337. The van der Waals surface area contributed by atoms with E-state index in [2.05, 4.69) is 5.32 Å². The SMILES string of the molecule is Oc1c(Cl)cccc1OC1CCCNC1. The first-order valence-corrected chi connectivity index (χ1v) is 5.50. The van der Waals surface area contributed by atoms with E-state index < -0.39 is 0 Å². The van der Waals surface area contributed by atoms with Crippen LogP contribution in [0.25, 0.3) is 0 Å². The lowest BCUT2D eigenvalue weighted by molar-refractivity contribution is 0.162. The van der Waals surface area contributed by atoms with Crippen molar-refractivity contribution in [2.45, 2.75) is 18.9 Å². The molecule has 0 aromatic heterocycles. The first-order valence-electron chi connectivity index (χ1n) is 5.12. The molecule has 15 heavy (non-hydrogen) atoms. The predicted molar refractivity (Wildman–Crippen MR) is 59.6 cm³/mol. The van der Waals surface area contributed by atoms with Crippen LogP contribution in [-0.4, -0.2) is 24.3 Å². The molecule has 1 fully saturated rings. The summed E-state index contributed by atoms with van der Waals surface area (Å²) in [5, 5.41) is 13.2. The summed E-state index contributed by atoms with van der Waals surface area (Å²) in [6, 6.07) is 5.15. The van der Waals surface area contributed by atoms with Crippen molar-refractivity contribution in [3.05, 3.63) is 23.2 Å². The van der Waals surface area contributed by atoms with Gasteiger partial charge < -0.3 is 15.2 Å². The van der Waals surface area contributed by atoms with Gasteiger partial charge in [-0.3, -0.25) is 0 Å². The van der Waals surface area contributed by atoms with Gasteiger partial charge in [-0.1, -0.05) is 17.7 Å². The minimum absolute atomic E-state index is 0.0322. The van der Waals surface area contributed by atoms with Crippen molar-refractivity contribution < 1.29 is 9.84 Å². The summed E-state index contributed by atoms with van der Waals surface area (Å²) in [6.07, 6.45) is 2.24. The number of hydrogen-bond donors (Lipinski definition) is 2. The fraction of sp³-hybridized carbons (Fsp3) is 0.455. The van der Waals surface area contributed by atoms with Gasteiger partial charge in [0.05, 0.1) is 5.02 Å². The molecule has 1 aromatic carbocycles. The molecule has 1 atom stereocenters. The molecule has 1 unspecified atom stereocenters. The molecule has 0 spiro atoms. The second-order valence-corrected chi connectivity index (χ2v) is 4.08. The normalized spacial score (nSPS) is 21.3. The Labute approximate surface area is 94.0 Å². The minimum atomic E-state index is 0.0322. The molecule has 0 amide bonds. The monoisotopic (exact) mass is 227 g/mol. The summed E-state index contributed by atoms with van der Waals surface area (Å²) in [6.45, 7) is 1.87. The van der Waals surface area contributed by atoms with Crippen LogP contribution in [0.5, 0.6) is 11.5 Å². The van der Waals surface area contributed by atoms with Crippen LogP contribution < -0.4 is 10.1 Å². The van der Waals surface area contributed by atoms with Gasteiger partial charge in [0.2, 0.25) is 0 Å². The molecule has 1 aromatic rings. The summed E-state index contributed by atoms with van der Waals surface area (Å²) in [7, 11) is 0. The molecule has 0 bridgehead atoms. The van der Waals surface area contributed by atoms with Gasteiger partial charge in [0.15, 0.2) is 11.5 Å². The number of phenols is 1. The highest BCUT2D eigenvalue weighted by Gasteiger charge is 2.16. The van der Waals surface area contributed by atoms with E-state index in [0.717, 1.165) is 25.9 Å². The number of benzene rings is 1. The zero-order valence-electron chi connectivity index (χ0n) is 8.37. The van der Waals surface area contributed by atoms with Crippen molar-refractivity contribution in [3.8, 4) is 11.5 Å². The first kappa shape index (κ1) is 10.6. The topological polar surface area (TPSA) is 41.5 Å². The summed E-state index contributed by atoms with van der Waals surface area (Å²) in [5.41, 5.74) is 0. The standard InChI is InChI=1S/C11H14ClNO2/c12-9-4-1-5-10(11(9)14)15-8-3-2-6-13-7-8/h1,4-5,8,13-14H,2-3,6-7H2. The molecule has 4 heteroatoms. The van der Waals surface area contributed by atoms with Gasteiger partial charge in [0.1, 0.15) is 6.10 Å². The number of piperidine rings is 1. The lowest BCUT2D eigenvalue weighted by Gasteiger charge is -2.24. The van der Waals surface area contributed by atoms with E-state index >= 15 is 0 Å². The summed E-state index contributed by atoms with van der Waals surface area (Å²) >= 11 is 5.79. The predicted octanol–water partition coefficient (Wildman–Crippen LogP) is 2.18. The summed E-state index contributed by atoms with van der Waals surface area (Å²) in [5.74, 6) is 0.501. The maximum Gasteiger partial charge on any atom is 0.176 e. The van der Waals surface area contributed by atoms with Gasteiger partial charge in [0.25, 0.3) is 0 Å². The number of aromatic hydroxyl groups is 1. The Hall–Kier alpha value is -0.930. The summed E-state index contributed by atoms with van der Waals surface area (Å²) < 4.78 is 5.67. The average molecular weight is 228 g/mol. The lowest BCUT2D eigenvalue weighted by atomic mass is 10.1. The molecule has 3 nitrogen and oxygen atoms in total. The van der Waals surface area contributed by atoms with Gasteiger partial charge in [-0.15, -0.1) is 0 Å². The van der Waals surface area contributed by atoms with E-state index in [1.807, 2.05) is 0 Å². The fourth-order valence-electron chi connectivity index (χ4n) is 1.69. The smallest absolute Gasteiger partial charge is 0.176 e. The van der Waals surface area contributed by atoms with Crippen molar-refractivity contribution in [2.75, 3.05) is 13.1 Å². The van der Waals surface area contributed by atoms with Gasteiger partial charge in [0, 0.05) is 6.54 Å². The van der Waals surface area contributed by atoms with E-state index in [1.54, 1.807) is 18.2 Å². The van der Waals surface area contributed by atoms with E-state index in [9.17, 15) is 5.11 Å². The van der Waals surface area contributed by atoms with Crippen LogP contribution in [0.3, 0.4) is 0 Å². The molecule has 1 saturated heterocycles. The third kappa shape index (κ3) is 2.55. The highest BCUT2D eigenvalue weighted by Crippen LogP contribution is 2.34. The number of ether oxygens (including phenoxy) is 1. The first-order chi connectivity index (χ1) is 7.27. The van der Waals surface area contributed by atoms with Crippen molar-refractivity contribution in [2.24, 2.45) is 0 Å². The largest absolute Gasteiger partial charge is 0.503 e. The van der Waals surface area contributed by atoms with Gasteiger partial charge in [-0.2, -0.15) is 0 Å². The average Bonchev–Trinajstić information content (AvgIpc) is 2.26. The molecule has 82 valence electrons. The van der Waals surface area contributed by atoms with Crippen LogP contribution in [-0.2, 0) is 0 Å². The van der Waals surface area contributed by atoms with Crippen molar-refractivity contribution in [1.29, 1.82) is 0 Å². The molecule has 2 N–H and O–H groups in total. The lowest BCUT2D eigenvalue weighted by Crippen LogP contribution is -2.37. The van der Waals surface area contributed by atoms with Gasteiger partial charge >= 0.3 is 0 Å². The van der Waals surface area contributed by atoms with Crippen LogP contribution >= 0.6 is 11.6 Å². The number of nitrogens with one attached hydrogen (secondary N) is 1. The second kappa shape index (κ2) is 4.73. The van der Waals surface area contributed by atoms with Crippen LogP contribution in [0.1, 0.15) is 12.8 Å². The van der Waals surface area contributed by atoms with E-state index in [4.69, 9.17) is 16.3 Å². The van der Waals surface area contributed by atoms with Crippen LogP contribution in [0.4, 0.5) is 0 Å². The Morgan fingerprint density at radius 1 is 1.47 bits per heavy atom. The van der Waals surface area contributed by atoms with E-state index in [-0.39, 0.29) is 11.9 Å². The van der Waals surface area contributed by atoms with Crippen LogP contribution in [0, 0.1) is 0 Å². The molecule has 0 aliphatic carbocycles. The van der Waals surface area contributed by atoms with Gasteiger partial charge in [-0.25, -0.2) is 0 Å². The van der Waals surface area contributed by atoms with Crippen molar-refractivity contribution >= 4 is 11.6 Å². The molecule has 2 rings (SSSR count). The maximum absolute atomic E-state index is 9.65. The zero-order chi connectivity index (χ0) is 10.7. The molecule has 1 aliphatic heterocycles. The second-order valence-electron chi connectivity index (χ2n) is 3.67. The van der Waals surface area contributed by atoms with Crippen LogP contribution in [0.2, 0.25) is 5.02 Å². The quantitative estimate of drug-likeness (QED) is 0.814. The molecular formula is C11H14ClNO2. The number of phenolic OH excluding ortho intramolecular Hbond substituents is 1. The fourth-order valence-corrected chi connectivity index (χ4v) is 1.86. The number of rotatable bonds is 2. The minimum Gasteiger partial charge on any atom is -0.503 e. The van der Waals surface area contributed by atoms with E-state index in [1.165, 1.54) is 0 Å². The third-order valence-corrected chi connectivity index (χ3v) is 2.80. The molecular weight excluding hydrogens is 214 g/mol. The maximum atomic E-state index is 9.65. The number of halogens is 1. The Kier molecular flexibility index (Phi) is 3.34. The Morgan fingerprint density at radius 3 is 3.07 bits per heavy atom. The summed E-state index contributed by atoms with van der Waals surface area (Å²) in [4.78, 5) is 0. The third-order valence-electron chi connectivity index (χ3n) is 2.50.